The number of nitrogens with zero attached hydrogens (tertiary/aromatic N) is 2. The number of aryl methyl sites for hydroxylation is 1. The number of ether oxygens (including phenoxy) is 1. The zero-order valence-corrected chi connectivity index (χ0v) is 14.9. The van der Waals surface area contributed by atoms with Gasteiger partial charge in [-0.25, -0.2) is 4.79 Å². The Morgan fingerprint density at radius 2 is 2.15 bits per heavy atom. The number of nitriles is 1. The molecule has 0 aliphatic heterocycles. The Hall–Kier alpha value is -3.13. The second-order valence-corrected chi connectivity index (χ2v) is 6.29. The van der Waals surface area contributed by atoms with Crippen molar-refractivity contribution in [1.82, 2.24) is 5.16 Å². The van der Waals surface area contributed by atoms with E-state index in [9.17, 15) is 10.1 Å². The second kappa shape index (κ2) is 7.40. The van der Waals surface area contributed by atoms with Gasteiger partial charge in [0.05, 0.1) is 18.1 Å². The van der Waals surface area contributed by atoms with Crippen molar-refractivity contribution in [2.24, 2.45) is 5.41 Å². The Balaban J connectivity index is 1.85. The predicted molar refractivity (Wildman–Crippen MR) is 97.1 cm³/mol. The van der Waals surface area contributed by atoms with Crippen molar-refractivity contribution in [1.29, 1.82) is 5.26 Å². The maximum absolute atomic E-state index is 12.1. The molecule has 0 amide bonds. The van der Waals surface area contributed by atoms with E-state index < -0.39 is 11.4 Å². The van der Waals surface area contributed by atoms with Gasteiger partial charge in [0.15, 0.2) is 5.69 Å². The SMILES string of the molecule is CCOC(=O)c1noc(C)c1CC1(C#N)C=CC(c2ccccc2)=CC1. The quantitative estimate of drug-likeness (QED) is 0.755. The van der Waals surface area contributed by atoms with E-state index in [4.69, 9.17) is 9.26 Å². The highest BCUT2D eigenvalue weighted by molar-refractivity contribution is 5.89. The van der Waals surface area contributed by atoms with Gasteiger partial charge < -0.3 is 9.26 Å². The van der Waals surface area contributed by atoms with E-state index in [0.29, 0.717) is 24.2 Å². The minimum absolute atomic E-state index is 0.158. The number of carbonyl (C=O) groups excluding carboxylic acids is 1. The van der Waals surface area contributed by atoms with Crippen LogP contribution < -0.4 is 0 Å². The minimum Gasteiger partial charge on any atom is -0.461 e. The summed E-state index contributed by atoms with van der Waals surface area (Å²) in [6.45, 7) is 3.74. The molecule has 1 aliphatic carbocycles. The summed E-state index contributed by atoms with van der Waals surface area (Å²) < 4.78 is 10.2. The first-order valence-corrected chi connectivity index (χ1v) is 8.57. The zero-order valence-electron chi connectivity index (χ0n) is 14.9. The van der Waals surface area contributed by atoms with Crippen LogP contribution in [0.5, 0.6) is 0 Å². The Kier molecular flexibility index (Phi) is 5.04. The minimum atomic E-state index is -0.740. The van der Waals surface area contributed by atoms with Gasteiger partial charge in [0.25, 0.3) is 0 Å². The standard InChI is InChI=1S/C21H20N2O3/c1-3-25-20(24)19-18(15(2)26-23-19)13-21(14-22)11-9-17(10-12-21)16-7-5-4-6-8-16/h4-11H,3,12-13H2,1-2H3. The topological polar surface area (TPSA) is 76.1 Å². The molecule has 0 radical (unpaired) electrons. The molecule has 1 heterocycles. The summed E-state index contributed by atoms with van der Waals surface area (Å²) in [4.78, 5) is 12.1. The normalized spacial score (nSPS) is 18.9. The molecule has 1 aliphatic rings. The first kappa shape index (κ1) is 17.7. The Bertz CT molecular complexity index is 903. The van der Waals surface area contributed by atoms with E-state index in [0.717, 1.165) is 11.1 Å². The molecule has 0 bridgehead atoms. The van der Waals surface area contributed by atoms with E-state index in [1.807, 2.05) is 42.5 Å². The van der Waals surface area contributed by atoms with Crippen LogP contribution in [0, 0.1) is 23.7 Å². The smallest absolute Gasteiger partial charge is 0.360 e. The fraction of sp³-hybridized carbons (Fsp3) is 0.286. The van der Waals surface area contributed by atoms with Crippen molar-refractivity contribution >= 4 is 11.5 Å². The first-order chi connectivity index (χ1) is 12.6. The van der Waals surface area contributed by atoms with Gasteiger partial charge in [-0.3, -0.25) is 0 Å². The Labute approximate surface area is 152 Å². The van der Waals surface area contributed by atoms with Gasteiger partial charge >= 0.3 is 5.97 Å². The summed E-state index contributed by atoms with van der Waals surface area (Å²) in [5.41, 5.74) is 2.25. The fourth-order valence-corrected chi connectivity index (χ4v) is 3.05. The predicted octanol–water partition coefficient (Wildman–Crippen LogP) is 4.26. The number of esters is 1. The van der Waals surface area contributed by atoms with E-state index in [2.05, 4.69) is 17.3 Å². The molecule has 0 spiro atoms. The summed E-state index contributed by atoms with van der Waals surface area (Å²) in [5.74, 6) is 0.0154. The van der Waals surface area contributed by atoms with Gasteiger partial charge in [-0.1, -0.05) is 53.7 Å². The largest absolute Gasteiger partial charge is 0.461 e. The van der Waals surface area contributed by atoms with E-state index in [1.165, 1.54) is 0 Å². The average Bonchev–Trinajstić information content (AvgIpc) is 3.03. The molecule has 5 nitrogen and oxygen atoms in total. The number of rotatable bonds is 5. The van der Waals surface area contributed by atoms with Gasteiger partial charge in [-0.2, -0.15) is 5.26 Å². The highest BCUT2D eigenvalue weighted by atomic mass is 16.5. The van der Waals surface area contributed by atoms with Gasteiger partial charge in [-0.05, 0) is 31.4 Å². The summed E-state index contributed by atoms with van der Waals surface area (Å²) >= 11 is 0. The maximum atomic E-state index is 12.1. The van der Waals surface area contributed by atoms with Crippen LogP contribution in [-0.2, 0) is 11.2 Å². The van der Waals surface area contributed by atoms with Gasteiger partial charge in [0.2, 0.25) is 0 Å². The van der Waals surface area contributed by atoms with Crippen LogP contribution in [0.15, 0.2) is 53.1 Å². The number of benzene rings is 1. The molecule has 26 heavy (non-hydrogen) atoms. The summed E-state index contributed by atoms with van der Waals surface area (Å²) in [6, 6.07) is 12.4. The van der Waals surface area contributed by atoms with Crippen molar-refractivity contribution < 1.29 is 14.1 Å². The molecule has 0 saturated heterocycles. The van der Waals surface area contributed by atoms with Crippen LogP contribution in [0.25, 0.3) is 5.57 Å². The lowest BCUT2D eigenvalue weighted by Gasteiger charge is -2.25. The molecule has 1 unspecified atom stereocenters. The molecule has 0 fully saturated rings. The lowest BCUT2D eigenvalue weighted by atomic mass is 9.75. The van der Waals surface area contributed by atoms with Crippen molar-refractivity contribution in [3.8, 4) is 6.07 Å². The number of hydrogen-bond acceptors (Lipinski definition) is 5. The molecule has 1 aromatic heterocycles. The average molecular weight is 348 g/mol. The molecule has 1 aromatic carbocycles. The Morgan fingerprint density at radius 3 is 2.77 bits per heavy atom. The van der Waals surface area contributed by atoms with Crippen LogP contribution in [0.1, 0.15) is 40.7 Å². The van der Waals surface area contributed by atoms with Crippen LogP contribution in [0.3, 0.4) is 0 Å². The lowest BCUT2D eigenvalue weighted by molar-refractivity contribution is 0.0513. The Morgan fingerprint density at radius 1 is 1.38 bits per heavy atom. The van der Waals surface area contributed by atoms with E-state index >= 15 is 0 Å². The van der Waals surface area contributed by atoms with E-state index in [-0.39, 0.29) is 12.3 Å². The van der Waals surface area contributed by atoms with Crippen LogP contribution in [-0.4, -0.2) is 17.7 Å². The molecule has 132 valence electrons. The maximum Gasteiger partial charge on any atom is 0.360 e. The molecule has 0 N–H and O–H groups in total. The zero-order chi connectivity index (χ0) is 18.6. The molecule has 1 atom stereocenters. The van der Waals surface area contributed by atoms with Crippen molar-refractivity contribution in [2.75, 3.05) is 6.61 Å². The van der Waals surface area contributed by atoms with Gasteiger partial charge in [0, 0.05) is 12.0 Å². The third kappa shape index (κ3) is 3.45. The molecule has 2 aromatic rings. The van der Waals surface area contributed by atoms with Crippen molar-refractivity contribution in [3.05, 3.63) is 71.1 Å². The van der Waals surface area contributed by atoms with Crippen molar-refractivity contribution in [3.63, 3.8) is 0 Å². The number of carbonyl (C=O) groups is 1. The third-order valence-corrected chi connectivity index (χ3v) is 4.54. The first-order valence-electron chi connectivity index (χ1n) is 8.57. The van der Waals surface area contributed by atoms with Crippen LogP contribution >= 0.6 is 0 Å². The molecular weight excluding hydrogens is 328 g/mol. The summed E-state index contributed by atoms with van der Waals surface area (Å²) in [5, 5.41) is 13.7. The molecule has 0 saturated carbocycles. The van der Waals surface area contributed by atoms with Gasteiger partial charge in [-0.15, -0.1) is 0 Å². The summed E-state index contributed by atoms with van der Waals surface area (Å²) in [6.07, 6.45) is 6.84. The van der Waals surface area contributed by atoms with Gasteiger partial charge in [0.1, 0.15) is 5.76 Å². The van der Waals surface area contributed by atoms with Crippen LogP contribution in [0.2, 0.25) is 0 Å². The molecular formula is C21H20N2O3. The number of aromatic nitrogens is 1. The van der Waals surface area contributed by atoms with E-state index in [1.54, 1.807) is 13.8 Å². The highest BCUT2D eigenvalue weighted by Gasteiger charge is 2.33. The van der Waals surface area contributed by atoms with Crippen LogP contribution in [0.4, 0.5) is 0 Å². The monoisotopic (exact) mass is 348 g/mol. The van der Waals surface area contributed by atoms with Crippen molar-refractivity contribution in [2.45, 2.75) is 26.7 Å². The number of hydrogen-bond donors (Lipinski definition) is 0. The second-order valence-electron chi connectivity index (χ2n) is 6.29. The molecule has 3 rings (SSSR count). The lowest BCUT2D eigenvalue weighted by Crippen LogP contribution is -2.22. The third-order valence-electron chi connectivity index (χ3n) is 4.54. The summed E-state index contributed by atoms with van der Waals surface area (Å²) in [7, 11) is 0. The fourth-order valence-electron chi connectivity index (χ4n) is 3.05. The molecule has 5 heteroatoms. The highest BCUT2D eigenvalue weighted by Crippen LogP contribution is 2.37. The number of allylic oxidation sites excluding steroid dienone is 4.